The molecule has 0 unspecified atom stereocenters. The molecule has 6 rings (SSSR count). The molecule has 4 heterocycles. The van der Waals surface area contributed by atoms with E-state index in [0.29, 0.717) is 0 Å². The van der Waals surface area contributed by atoms with Crippen molar-refractivity contribution >= 4 is 0 Å². The minimum atomic E-state index is -0.778. The van der Waals surface area contributed by atoms with E-state index in [-0.39, 0.29) is 25.1 Å². The van der Waals surface area contributed by atoms with E-state index in [4.69, 9.17) is 33.5 Å². The summed E-state index contributed by atoms with van der Waals surface area (Å²) < 4.78 is 34.2. The molecule has 0 aromatic carbocycles. The third-order valence-electron chi connectivity index (χ3n) is 7.27. The maximum absolute atomic E-state index is 9.97. The predicted molar refractivity (Wildman–Crippen MR) is 101 cm³/mol. The summed E-state index contributed by atoms with van der Waals surface area (Å²) in [5, 5.41) is 28.7. The highest BCUT2D eigenvalue weighted by molar-refractivity contribution is 4.97. The van der Waals surface area contributed by atoms with Crippen molar-refractivity contribution in [3.05, 3.63) is 0 Å². The predicted octanol–water partition coefficient (Wildman–Crippen LogP) is 0.918. The summed E-state index contributed by atoms with van der Waals surface area (Å²) >= 11 is 0. The van der Waals surface area contributed by atoms with Gasteiger partial charge in [0.05, 0.1) is 12.7 Å². The van der Waals surface area contributed by atoms with Gasteiger partial charge in [-0.05, 0) is 32.1 Å². The van der Waals surface area contributed by atoms with E-state index in [0.717, 1.165) is 57.8 Å². The number of fused-ring (bicyclic) bond motifs is 2. The fourth-order valence-electron chi connectivity index (χ4n) is 5.61. The average molecular weight is 430 g/mol. The second kappa shape index (κ2) is 8.20. The fourth-order valence-corrected chi connectivity index (χ4v) is 5.61. The molecule has 6 aliphatic rings. The minimum Gasteiger partial charge on any atom is -0.394 e. The summed E-state index contributed by atoms with van der Waals surface area (Å²) in [4.78, 5) is 0. The van der Waals surface area contributed by atoms with Crippen LogP contribution in [0.15, 0.2) is 0 Å². The lowest BCUT2D eigenvalue weighted by Gasteiger charge is -2.25. The lowest BCUT2D eigenvalue weighted by molar-refractivity contribution is -0.232. The van der Waals surface area contributed by atoms with E-state index in [1.807, 2.05) is 6.92 Å². The Balaban J connectivity index is 0.000000128. The zero-order valence-electron chi connectivity index (χ0n) is 17.5. The third kappa shape index (κ3) is 3.62. The smallest absolute Gasteiger partial charge is 0.190 e. The van der Waals surface area contributed by atoms with E-state index in [2.05, 4.69) is 0 Å². The number of rotatable bonds is 2. The summed E-state index contributed by atoms with van der Waals surface area (Å²) in [6.45, 7) is 1.80. The number of aliphatic hydroxyl groups excluding tert-OH is 3. The van der Waals surface area contributed by atoms with E-state index in [1.54, 1.807) is 0 Å². The molecule has 2 aliphatic carbocycles. The summed E-state index contributed by atoms with van der Waals surface area (Å²) in [5.41, 5.74) is 0. The number of hydrogen-bond donors (Lipinski definition) is 3. The molecule has 172 valence electrons. The standard InChI is InChI=1S/C11H18O4.C10H16O5/c1-2-7-8(12)9-10(13-7)15-11(14-9)5-3-4-6-11;11-5-6-7(12)8-9(13-6)15-10(14-8)3-1-2-4-10/h7-10,12H,2-6H2,1H3;6-9,11-12H,1-5H2/t7-,8+,9-,10-;6-,7+,8-,9-/m11/s1. The Morgan fingerprint density at radius 1 is 0.700 bits per heavy atom. The van der Waals surface area contributed by atoms with Gasteiger partial charge in [-0.15, -0.1) is 0 Å². The Hall–Kier alpha value is -0.360. The van der Waals surface area contributed by atoms with Gasteiger partial charge < -0.3 is 43.7 Å². The van der Waals surface area contributed by atoms with Crippen molar-refractivity contribution in [1.82, 2.24) is 0 Å². The first-order valence-corrected chi connectivity index (χ1v) is 11.5. The Labute approximate surface area is 176 Å². The van der Waals surface area contributed by atoms with Crippen LogP contribution < -0.4 is 0 Å². The van der Waals surface area contributed by atoms with Gasteiger partial charge in [0.1, 0.15) is 30.5 Å². The first-order valence-electron chi connectivity index (χ1n) is 11.5. The second-order valence-electron chi connectivity index (χ2n) is 9.29. The third-order valence-corrected chi connectivity index (χ3v) is 7.27. The van der Waals surface area contributed by atoms with Crippen molar-refractivity contribution in [3.63, 3.8) is 0 Å². The molecular weight excluding hydrogens is 396 g/mol. The molecule has 2 saturated carbocycles. The summed E-state index contributed by atoms with van der Waals surface area (Å²) in [5.74, 6) is -0.953. The zero-order valence-corrected chi connectivity index (χ0v) is 17.5. The van der Waals surface area contributed by atoms with Crippen LogP contribution in [0.1, 0.15) is 64.7 Å². The van der Waals surface area contributed by atoms with Gasteiger partial charge in [-0.2, -0.15) is 0 Å². The lowest BCUT2D eigenvalue weighted by atomic mass is 10.1. The van der Waals surface area contributed by atoms with Crippen LogP contribution in [0.25, 0.3) is 0 Å². The molecule has 0 amide bonds. The molecule has 6 fully saturated rings. The summed E-state index contributed by atoms with van der Waals surface area (Å²) in [7, 11) is 0. The van der Waals surface area contributed by atoms with Gasteiger partial charge in [-0.25, -0.2) is 0 Å². The highest BCUT2D eigenvalue weighted by atomic mass is 16.8. The Kier molecular flexibility index (Phi) is 5.88. The monoisotopic (exact) mass is 430 g/mol. The van der Waals surface area contributed by atoms with Gasteiger partial charge in [0.25, 0.3) is 0 Å². The quantitative estimate of drug-likeness (QED) is 0.588. The van der Waals surface area contributed by atoms with Crippen molar-refractivity contribution in [1.29, 1.82) is 0 Å². The Morgan fingerprint density at radius 3 is 1.53 bits per heavy atom. The molecule has 0 aromatic heterocycles. The number of aliphatic hydroxyl groups is 3. The maximum Gasteiger partial charge on any atom is 0.190 e. The summed E-state index contributed by atoms with van der Waals surface area (Å²) in [6.07, 6.45) is 5.36. The highest BCUT2D eigenvalue weighted by Crippen LogP contribution is 2.47. The minimum absolute atomic E-state index is 0.126. The lowest BCUT2D eigenvalue weighted by Crippen LogP contribution is -2.37. The molecular formula is C21H34O9. The van der Waals surface area contributed by atoms with E-state index in [1.165, 1.54) is 0 Å². The van der Waals surface area contributed by atoms with Gasteiger partial charge in [0.2, 0.25) is 0 Å². The Morgan fingerprint density at radius 2 is 1.13 bits per heavy atom. The largest absolute Gasteiger partial charge is 0.394 e. The van der Waals surface area contributed by atoms with Crippen LogP contribution in [0.4, 0.5) is 0 Å². The van der Waals surface area contributed by atoms with Gasteiger partial charge in [0.15, 0.2) is 24.2 Å². The molecule has 3 N–H and O–H groups in total. The van der Waals surface area contributed by atoms with Crippen molar-refractivity contribution < 1.29 is 43.7 Å². The molecule has 8 atom stereocenters. The normalized spacial score (nSPS) is 47.6. The summed E-state index contributed by atoms with van der Waals surface area (Å²) in [6, 6.07) is 0. The molecule has 2 spiro atoms. The van der Waals surface area contributed by atoms with Gasteiger partial charge in [-0.1, -0.05) is 6.92 Å². The van der Waals surface area contributed by atoms with Gasteiger partial charge in [0, 0.05) is 25.7 Å². The van der Waals surface area contributed by atoms with E-state index < -0.39 is 42.3 Å². The van der Waals surface area contributed by atoms with Crippen molar-refractivity contribution in [2.45, 2.75) is 125 Å². The number of ether oxygens (including phenoxy) is 6. The molecule has 9 nitrogen and oxygen atoms in total. The van der Waals surface area contributed by atoms with Crippen LogP contribution in [0.2, 0.25) is 0 Å². The van der Waals surface area contributed by atoms with Crippen LogP contribution >= 0.6 is 0 Å². The molecule has 0 bridgehead atoms. The highest BCUT2D eigenvalue weighted by Gasteiger charge is 2.58. The topological polar surface area (TPSA) is 116 Å². The zero-order chi connectivity index (χ0) is 20.9. The Bertz CT molecular complexity index is 551. The van der Waals surface area contributed by atoms with Crippen LogP contribution in [0.3, 0.4) is 0 Å². The van der Waals surface area contributed by atoms with Crippen LogP contribution in [-0.4, -0.2) is 82.7 Å². The van der Waals surface area contributed by atoms with Crippen molar-refractivity contribution in [2.24, 2.45) is 0 Å². The van der Waals surface area contributed by atoms with E-state index in [9.17, 15) is 10.2 Å². The molecule has 0 radical (unpaired) electrons. The van der Waals surface area contributed by atoms with Crippen LogP contribution in [0.5, 0.6) is 0 Å². The van der Waals surface area contributed by atoms with E-state index >= 15 is 0 Å². The second-order valence-corrected chi connectivity index (χ2v) is 9.29. The molecule has 30 heavy (non-hydrogen) atoms. The van der Waals surface area contributed by atoms with Crippen LogP contribution in [0, 0.1) is 0 Å². The molecule has 9 heteroatoms. The maximum atomic E-state index is 9.97. The SMILES string of the molecule is CC[C@H]1O[C@@H]2OC3(CCCC3)O[C@@H]2[C@H]1O.OC[C@H]1O[C@@H]2OC3(CCCC3)O[C@@H]2[C@H]1O. The molecule has 4 saturated heterocycles. The number of hydrogen-bond acceptors (Lipinski definition) is 9. The first-order chi connectivity index (χ1) is 14.5. The first kappa shape index (κ1) is 21.5. The molecule has 4 aliphatic heterocycles. The average Bonchev–Trinajstić information content (AvgIpc) is 3.56. The van der Waals surface area contributed by atoms with Crippen LogP contribution in [-0.2, 0) is 28.4 Å². The molecule has 0 aromatic rings. The van der Waals surface area contributed by atoms with Crippen molar-refractivity contribution in [2.75, 3.05) is 6.61 Å². The van der Waals surface area contributed by atoms with Gasteiger partial charge >= 0.3 is 0 Å². The van der Waals surface area contributed by atoms with Crippen molar-refractivity contribution in [3.8, 4) is 0 Å². The fraction of sp³-hybridized carbons (Fsp3) is 1.00. The van der Waals surface area contributed by atoms with Gasteiger partial charge in [-0.3, -0.25) is 0 Å².